The third-order valence-electron chi connectivity index (χ3n) is 0.757. The maximum Gasteiger partial charge on any atom is 0.377 e. The van der Waals surface area contributed by atoms with Crippen LogP contribution in [0.4, 0.5) is 0 Å². The van der Waals surface area contributed by atoms with Gasteiger partial charge < -0.3 is 15.3 Å². The lowest BCUT2D eigenvalue weighted by molar-refractivity contribution is -0.141. The van der Waals surface area contributed by atoms with Crippen LogP contribution in [0.2, 0.25) is 0 Å². The van der Waals surface area contributed by atoms with E-state index in [1.54, 1.807) is 6.92 Å². The van der Waals surface area contributed by atoms with Crippen molar-refractivity contribution >= 4 is 17.8 Å². The van der Waals surface area contributed by atoms with Crippen molar-refractivity contribution in [1.82, 2.24) is 0 Å². The summed E-state index contributed by atoms with van der Waals surface area (Å²) in [5.74, 6) is -1.94. The molecule has 0 spiro atoms. The summed E-state index contributed by atoms with van der Waals surface area (Å²) in [7, 11) is 0. The Hall–Kier alpha value is -1.59. The number of carbonyl (C=O) groups excluding carboxylic acids is 2. The number of nitrogens with zero attached hydrogens (tertiary/aromatic N) is 1. The van der Waals surface area contributed by atoms with Gasteiger partial charge in [-0.25, -0.2) is 9.59 Å². The van der Waals surface area contributed by atoms with E-state index in [0.29, 0.717) is 0 Å². The van der Waals surface area contributed by atoms with E-state index in [2.05, 4.69) is 14.7 Å². The lowest BCUT2D eigenvalue weighted by Crippen LogP contribution is -2.26. The smallest absolute Gasteiger partial charge is 0.377 e. The van der Waals surface area contributed by atoms with Gasteiger partial charge in [-0.3, -0.25) is 0 Å². The predicted octanol–water partition coefficient (Wildman–Crippen LogP) is 0.0209. The van der Waals surface area contributed by atoms with Crippen molar-refractivity contribution in [3.05, 3.63) is 0 Å². The number of nitrogens with two attached hydrogens (primary N) is 1. The van der Waals surface area contributed by atoms with Crippen LogP contribution in [0.1, 0.15) is 21.3 Å². The summed E-state index contributed by atoms with van der Waals surface area (Å²) in [5.41, 5.74) is 5.05. The van der Waals surface area contributed by atoms with Crippen LogP contribution in [0.5, 0.6) is 0 Å². The molecule has 0 aromatic heterocycles. The Morgan fingerprint density at radius 2 is 2.00 bits per heavy atom. The molecule has 0 aromatic rings. The molecule has 0 bridgehead atoms. The number of hydrogen-bond acceptors (Lipinski definition) is 5. The first kappa shape index (κ1) is 14.0. The zero-order chi connectivity index (χ0) is 9.56. The number of amidine groups is 1. The van der Waals surface area contributed by atoms with Crippen molar-refractivity contribution < 1.29 is 19.2 Å². The number of esters is 1. The summed E-state index contributed by atoms with van der Waals surface area (Å²) >= 11 is 0. The third-order valence-corrected chi connectivity index (χ3v) is 0.757. The average Bonchev–Trinajstić information content (AvgIpc) is 2.00. The van der Waals surface area contributed by atoms with Gasteiger partial charge in [-0.2, -0.15) is 0 Å². The first-order valence-corrected chi connectivity index (χ1v) is 3.26. The highest BCUT2D eigenvalue weighted by Gasteiger charge is 2.08. The Bertz CT molecular complexity index is 213. The molecular weight excluding hydrogens is 176 g/mol. The average molecular weight is 190 g/mol. The predicted molar refractivity (Wildman–Crippen MR) is 46.8 cm³/mol. The van der Waals surface area contributed by atoms with Gasteiger partial charge >= 0.3 is 11.9 Å². The van der Waals surface area contributed by atoms with E-state index in [1.165, 1.54) is 0 Å². The highest BCUT2D eigenvalue weighted by Crippen LogP contribution is 1.82. The molecule has 2 N–H and O–H groups in total. The molecule has 0 saturated carbocycles. The molecule has 76 valence electrons. The lowest BCUT2D eigenvalue weighted by atomic mass is 10.6. The van der Waals surface area contributed by atoms with Crippen molar-refractivity contribution in [2.45, 2.75) is 21.3 Å². The number of oxime groups is 1. The molecule has 0 saturated heterocycles. The Kier molecular flexibility index (Phi) is 7.61. The maximum atomic E-state index is 10.7. The second-order valence-corrected chi connectivity index (χ2v) is 1.78. The first-order chi connectivity index (χ1) is 5.57. The minimum atomic E-state index is -0.807. The fraction of sp³-hybridized carbons (Fsp3) is 0.571. The van der Waals surface area contributed by atoms with Crippen molar-refractivity contribution in [3.63, 3.8) is 0 Å². The monoisotopic (exact) mass is 190 g/mol. The number of hydrogen-bond donors (Lipinski definition) is 1. The maximum absolute atomic E-state index is 10.7. The van der Waals surface area contributed by atoms with Gasteiger partial charge in [0.05, 0.1) is 6.61 Å². The summed E-state index contributed by atoms with van der Waals surface area (Å²) in [5, 5.41) is 3.01. The van der Waals surface area contributed by atoms with E-state index < -0.39 is 17.8 Å². The van der Waals surface area contributed by atoms with Gasteiger partial charge in [0.15, 0.2) is 0 Å². The topological polar surface area (TPSA) is 91.0 Å². The fourth-order valence-electron chi connectivity index (χ4n) is 0.356. The molecule has 0 aliphatic rings. The van der Waals surface area contributed by atoms with Gasteiger partial charge in [0.1, 0.15) is 0 Å². The molecule has 6 heteroatoms. The van der Waals surface area contributed by atoms with Crippen molar-refractivity contribution in [1.29, 1.82) is 0 Å². The van der Waals surface area contributed by atoms with Gasteiger partial charge in [0, 0.05) is 6.92 Å². The molecule has 0 aliphatic carbocycles. The molecule has 0 aromatic carbocycles. The van der Waals surface area contributed by atoms with Gasteiger partial charge in [-0.05, 0) is 6.92 Å². The normalized spacial score (nSPS) is 9.85. The summed E-state index contributed by atoms with van der Waals surface area (Å²) < 4.78 is 4.45. The van der Waals surface area contributed by atoms with Crippen LogP contribution < -0.4 is 5.73 Å². The molecule has 0 radical (unpaired) electrons. The van der Waals surface area contributed by atoms with Crippen molar-refractivity contribution in [2.24, 2.45) is 10.9 Å². The minimum absolute atomic E-state index is 0. The molecule has 0 fully saturated rings. The summed E-state index contributed by atoms with van der Waals surface area (Å²) in [6.45, 7) is 2.95. The van der Waals surface area contributed by atoms with E-state index in [9.17, 15) is 9.59 Å². The molecular formula is C7H14N2O4. The van der Waals surface area contributed by atoms with Crippen LogP contribution in [-0.2, 0) is 19.2 Å². The van der Waals surface area contributed by atoms with E-state index in [-0.39, 0.29) is 14.0 Å². The minimum Gasteiger partial charge on any atom is -0.460 e. The Balaban J connectivity index is 0. The van der Waals surface area contributed by atoms with Crippen LogP contribution in [-0.4, -0.2) is 24.4 Å². The van der Waals surface area contributed by atoms with Crippen LogP contribution >= 0.6 is 0 Å². The molecule has 0 amide bonds. The van der Waals surface area contributed by atoms with E-state index >= 15 is 0 Å². The molecule has 0 unspecified atom stereocenters. The Morgan fingerprint density at radius 3 is 2.38 bits per heavy atom. The highest BCUT2D eigenvalue weighted by molar-refractivity contribution is 6.34. The number of ether oxygens (including phenoxy) is 1. The van der Waals surface area contributed by atoms with E-state index in [4.69, 9.17) is 5.73 Å². The summed E-state index contributed by atoms with van der Waals surface area (Å²) in [6, 6.07) is 0. The standard InChI is InChI=1S/C6H10N2O4.CH4/c1-3-11-6(10)5(7)8-12-4(2)9;/h3H2,1-2H3,(H2,7,8);1H4. The van der Waals surface area contributed by atoms with Crippen molar-refractivity contribution in [3.8, 4) is 0 Å². The fourth-order valence-corrected chi connectivity index (χ4v) is 0.356. The third kappa shape index (κ3) is 6.79. The SMILES string of the molecule is C.CCOC(=O)C(N)=NOC(C)=O. The quantitative estimate of drug-likeness (QED) is 0.218. The molecule has 0 rings (SSSR count). The van der Waals surface area contributed by atoms with Crippen LogP contribution in [0.3, 0.4) is 0 Å². The molecule has 0 atom stereocenters. The lowest BCUT2D eigenvalue weighted by Gasteiger charge is -1.98. The molecule has 13 heavy (non-hydrogen) atoms. The van der Waals surface area contributed by atoms with Gasteiger partial charge in [0.2, 0.25) is 5.84 Å². The number of carbonyl (C=O) groups is 2. The second kappa shape index (κ2) is 7.08. The second-order valence-electron chi connectivity index (χ2n) is 1.78. The van der Waals surface area contributed by atoms with Crippen LogP contribution in [0, 0.1) is 0 Å². The van der Waals surface area contributed by atoms with E-state index in [0.717, 1.165) is 6.92 Å². The van der Waals surface area contributed by atoms with Crippen LogP contribution in [0.15, 0.2) is 5.16 Å². The molecule has 0 aliphatic heterocycles. The van der Waals surface area contributed by atoms with Gasteiger partial charge in [0.25, 0.3) is 0 Å². The Labute approximate surface area is 76.7 Å². The van der Waals surface area contributed by atoms with Crippen LogP contribution in [0.25, 0.3) is 0 Å². The van der Waals surface area contributed by atoms with E-state index in [1.807, 2.05) is 0 Å². The van der Waals surface area contributed by atoms with Gasteiger partial charge in [-0.1, -0.05) is 12.6 Å². The number of rotatable bonds is 2. The van der Waals surface area contributed by atoms with Crippen molar-refractivity contribution in [2.75, 3.05) is 6.61 Å². The first-order valence-electron chi connectivity index (χ1n) is 3.26. The van der Waals surface area contributed by atoms with Gasteiger partial charge in [-0.15, -0.1) is 0 Å². The largest absolute Gasteiger partial charge is 0.460 e. The zero-order valence-electron chi connectivity index (χ0n) is 6.86. The summed E-state index contributed by atoms with van der Waals surface area (Å²) in [4.78, 5) is 25.0. The molecule has 0 heterocycles. The summed E-state index contributed by atoms with van der Waals surface area (Å²) in [6.07, 6.45) is 0. The highest BCUT2D eigenvalue weighted by atomic mass is 16.7. The Morgan fingerprint density at radius 1 is 1.46 bits per heavy atom. The zero-order valence-corrected chi connectivity index (χ0v) is 6.86. The molecule has 6 nitrogen and oxygen atoms in total.